The SMILES string of the molecule is COC(=O)c1c(-c2ccc(OC)cc2)csc1NC(=O)CSc1nnc(-c2ccc(N(C)C)cc2)n1C. The Labute approximate surface area is 223 Å². The average Bonchev–Trinajstić information content (AvgIpc) is 3.50. The number of nitrogens with zero attached hydrogens (tertiary/aromatic N) is 4. The van der Waals surface area contributed by atoms with E-state index in [4.69, 9.17) is 9.47 Å². The van der Waals surface area contributed by atoms with Crippen molar-refractivity contribution in [2.45, 2.75) is 5.16 Å². The summed E-state index contributed by atoms with van der Waals surface area (Å²) in [5.74, 6) is 0.735. The number of carbonyl (C=O) groups is 2. The summed E-state index contributed by atoms with van der Waals surface area (Å²) in [6, 6.07) is 15.4. The second kappa shape index (κ2) is 11.5. The molecule has 0 aliphatic carbocycles. The van der Waals surface area contributed by atoms with Crippen molar-refractivity contribution in [3.05, 3.63) is 59.5 Å². The van der Waals surface area contributed by atoms with Gasteiger partial charge in [0.15, 0.2) is 11.0 Å². The number of thiophene rings is 1. The number of anilines is 2. The van der Waals surface area contributed by atoms with E-state index in [1.807, 2.05) is 84.5 Å². The number of hydrogen-bond acceptors (Lipinski definition) is 9. The highest BCUT2D eigenvalue weighted by Gasteiger charge is 2.23. The van der Waals surface area contributed by atoms with Crippen molar-refractivity contribution >= 4 is 45.7 Å². The van der Waals surface area contributed by atoms with Gasteiger partial charge in [-0.05, 0) is 42.0 Å². The molecule has 0 bridgehead atoms. The van der Waals surface area contributed by atoms with E-state index in [9.17, 15) is 9.59 Å². The number of amides is 1. The molecule has 192 valence electrons. The van der Waals surface area contributed by atoms with Crippen LogP contribution in [0.1, 0.15) is 10.4 Å². The lowest BCUT2D eigenvalue weighted by atomic mass is 10.0. The van der Waals surface area contributed by atoms with Crippen LogP contribution in [0.15, 0.2) is 59.1 Å². The first-order valence-electron chi connectivity index (χ1n) is 11.3. The monoisotopic (exact) mass is 537 g/mol. The predicted molar refractivity (Wildman–Crippen MR) is 148 cm³/mol. The third-order valence-corrected chi connectivity index (χ3v) is 7.56. The number of benzene rings is 2. The van der Waals surface area contributed by atoms with E-state index in [0.717, 1.165) is 16.8 Å². The quantitative estimate of drug-likeness (QED) is 0.240. The van der Waals surface area contributed by atoms with Crippen molar-refractivity contribution < 1.29 is 19.1 Å². The molecule has 11 heteroatoms. The van der Waals surface area contributed by atoms with Crippen LogP contribution in [-0.2, 0) is 16.6 Å². The van der Waals surface area contributed by atoms with E-state index in [2.05, 4.69) is 15.5 Å². The minimum atomic E-state index is -0.520. The van der Waals surface area contributed by atoms with E-state index >= 15 is 0 Å². The van der Waals surface area contributed by atoms with Gasteiger partial charge in [0.05, 0.1) is 20.0 Å². The number of esters is 1. The Balaban J connectivity index is 1.46. The van der Waals surface area contributed by atoms with E-state index in [1.54, 1.807) is 7.11 Å². The summed E-state index contributed by atoms with van der Waals surface area (Å²) in [6.45, 7) is 0. The highest BCUT2D eigenvalue weighted by Crippen LogP contribution is 2.37. The fraction of sp³-hybridized carbons (Fsp3) is 0.231. The Kier molecular flexibility index (Phi) is 8.14. The summed E-state index contributed by atoms with van der Waals surface area (Å²) in [5.41, 5.74) is 3.84. The molecule has 2 heterocycles. The molecule has 0 saturated heterocycles. The molecule has 0 unspecified atom stereocenters. The van der Waals surface area contributed by atoms with Gasteiger partial charge >= 0.3 is 5.97 Å². The van der Waals surface area contributed by atoms with Crippen molar-refractivity contribution in [3.8, 4) is 28.3 Å². The van der Waals surface area contributed by atoms with Crippen molar-refractivity contribution in [3.63, 3.8) is 0 Å². The molecule has 1 N–H and O–H groups in total. The first-order chi connectivity index (χ1) is 17.8. The number of methoxy groups -OCH3 is 2. The zero-order chi connectivity index (χ0) is 26.5. The molecule has 37 heavy (non-hydrogen) atoms. The van der Waals surface area contributed by atoms with Crippen LogP contribution in [0, 0.1) is 0 Å². The lowest BCUT2D eigenvalue weighted by Gasteiger charge is -2.12. The second-order valence-corrected chi connectivity index (χ2v) is 10.0. The maximum atomic E-state index is 12.8. The highest BCUT2D eigenvalue weighted by atomic mass is 32.2. The molecule has 0 atom stereocenters. The molecule has 0 radical (unpaired) electrons. The molecule has 0 aliphatic heterocycles. The smallest absolute Gasteiger partial charge is 0.341 e. The predicted octanol–water partition coefficient (Wildman–Crippen LogP) is 4.80. The molecule has 0 fully saturated rings. The Bertz CT molecular complexity index is 1400. The van der Waals surface area contributed by atoms with Gasteiger partial charge in [-0.3, -0.25) is 4.79 Å². The number of thioether (sulfide) groups is 1. The summed E-state index contributed by atoms with van der Waals surface area (Å²) >= 11 is 2.54. The van der Waals surface area contributed by atoms with Crippen LogP contribution < -0.4 is 15.0 Å². The normalized spacial score (nSPS) is 10.7. The van der Waals surface area contributed by atoms with Crippen molar-refractivity contribution in [1.82, 2.24) is 14.8 Å². The standard InChI is InChI=1S/C26H27N5O4S2/c1-30(2)18-10-6-17(7-11-18)23-28-29-26(31(23)3)37-15-21(32)27-24-22(25(33)35-5)20(14-36-24)16-8-12-19(34-4)13-9-16/h6-14H,15H2,1-5H3,(H,27,32). The van der Waals surface area contributed by atoms with Gasteiger partial charge in [0, 0.05) is 43.3 Å². The third kappa shape index (κ3) is 5.78. The average molecular weight is 538 g/mol. The lowest BCUT2D eigenvalue weighted by Crippen LogP contribution is -2.16. The number of ether oxygens (including phenoxy) is 2. The van der Waals surface area contributed by atoms with Crippen LogP contribution in [0.2, 0.25) is 0 Å². The van der Waals surface area contributed by atoms with Gasteiger partial charge in [0.2, 0.25) is 5.91 Å². The fourth-order valence-corrected chi connectivity index (χ4v) is 5.32. The van der Waals surface area contributed by atoms with Crippen LogP contribution in [0.4, 0.5) is 10.7 Å². The van der Waals surface area contributed by atoms with Crippen LogP contribution >= 0.6 is 23.1 Å². The van der Waals surface area contributed by atoms with Crippen LogP contribution in [0.5, 0.6) is 5.75 Å². The number of carbonyl (C=O) groups excluding carboxylic acids is 2. The molecular formula is C26H27N5O4S2. The van der Waals surface area contributed by atoms with E-state index < -0.39 is 5.97 Å². The maximum absolute atomic E-state index is 12.8. The fourth-order valence-electron chi connectivity index (χ4n) is 3.63. The summed E-state index contributed by atoms with van der Waals surface area (Å²) in [6.07, 6.45) is 0. The Morgan fingerprint density at radius 1 is 1.03 bits per heavy atom. The Hall–Kier alpha value is -3.83. The highest BCUT2D eigenvalue weighted by molar-refractivity contribution is 7.99. The third-order valence-electron chi connectivity index (χ3n) is 5.64. The second-order valence-electron chi connectivity index (χ2n) is 8.22. The van der Waals surface area contributed by atoms with E-state index in [0.29, 0.717) is 32.9 Å². The van der Waals surface area contributed by atoms with Crippen LogP contribution in [-0.4, -0.2) is 60.7 Å². The van der Waals surface area contributed by atoms with E-state index in [-0.39, 0.29) is 11.7 Å². The van der Waals surface area contributed by atoms with Crippen molar-refractivity contribution in [2.24, 2.45) is 7.05 Å². The van der Waals surface area contributed by atoms with Gasteiger partial charge in [0.25, 0.3) is 0 Å². The molecule has 4 aromatic rings. The van der Waals surface area contributed by atoms with Crippen molar-refractivity contribution in [2.75, 3.05) is 44.3 Å². The topological polar surface area (TPSA) is 98.6 Å². The zero-order valence-electron chi connectivity index (χ0n) is 21.1. The molecular weight excluding hydrogens is 510 g/mol. The van der Waals surface area contributed by atoms with Crippen LogP contribution in [0.3, 0.4) is 0 Å². The minimum absolute atomic E-state index is 0.0991. The largest absolute Gasteiger partial charge is 0.497 e. The Morgan fingerprint density at radius 2 is 1.70 bits per heavy atom. The number of hydrogen-bond donors (Lipinski definition) is 1. The molecule has 0 aliphatic rings. The first-order valence-corrected chi connectivity index (χ1v) is 13.1. The molecule has 1 amide bonds. The van der Waals surface area contributed by atoms with Crippen molar-refractivity contribution in [1.29, 1.82) is 0 Å². The number of aromatic nitrogens is 3. The summed E-state index contributed by atoms with van der Waals surface area (Å²) in [7, 11) is 8.75. The van der Waals surface area contributed by atoms with Gasteiger partial charge < -0.3 is 24.3 Å². The van der Waals surface area contributed by atoms with Gasteiger partial charge in [-0.2, -0.15) is 0 Å². The molecule has 9 nitrogen and oxygen atoms in total. The lowest BCUT2D eigenvalue weighted by molar-refractivity contribution is -0.113. The Morgan fingerprint density at radius 3 is 2.32 bits per heavy atom. The maximum Gasteiger partial charge on any atom is 0.341 e. The number of rotatable bonds is 9. The molecule has 0 saturated carbocycles. The van der Waals surface area contributed by atoms with Gasteiger partial charge in [-0.15, -0.1) is 21.5 Å². The summed E-state index contributed by atoms with van der Waals surface area (Å²) in [5, 5.41) is 14.3. The molecule has 2 aromatic carbocycles. The first kappa shape index (κ1) is 26.2. The molecule has 0 spiro atoms. The summed E-state index contributed by atoms with van der Waals surface area (Å²) < 4.78 is 12.1. The van der Waals surface area contributed by atoms with Crippen LogP contribution in [0.25, 0.3) is 22.5 Å². The summed E-state index contributed by atoms with van der Waals surface area (Å²) in [4.78, 5) is 27.4. The number of nitrogens with one attached hydrogen (secondary N) is 1. The molecule has 2 aromatic heterocycles. The zero-order valence-corrected chi connectivity index (χ0v) is 22.8. The van der Waals surface area contributed by atoms with Gasteiger partial charge in [-0.1, -0.05) is 23.9 Å². The van der Waals surface area contributed by atoms with Gasteiger partial charge in [-0.25, -0.2) is 4.79 Å². The minimum Gasteiger partial charge on any atom is -0.497 e. The van der Waals surface area contributed by atoms with Gasteiger partial charge in [0.1, 0.15) is 16.3 Å². The molecule has 4 rings (SSSR count). The van der Waals surface area contributed by atoms with E-state index in [1.165, 1.54) is 30.2 Å².